The number of halogens is 2. The molecular formula is C14H17F2N3. The molecule has 102 valence electrons. The second-order valence-electron chi connectivity index (χ2n) is 4.66. The minimum Gasteiger partial charge on any atom is -0.266 e. The lowest BCUT2D eigenvalue weighted by Gasteiger charge is -2.09. The molecule has 0 spiro atoms. The molecule has 0 aromatic carbocycles. The van der Waals surface area contributed by atoms with E-state index in [1.807, 2.05) is 12.3 Å². The van der Waals surface area contributed by atoms with E-state index in [0.717, 1.165) is 23.1 Å². The summed E-state index contributed by atoms with van der Waals surface area (Å²) < 4.78 is 25.8. The first kappa shape index (κ1) is 13.6. The van der Waals surface area contributed by atoms with Gasteiger partial charge in [-0.25, -0.2) is 8.78 Å². The predicted molar refractivity (Wildman–Crippen MR) is 70.2 cm³/mol. The van der Waals surface area contributed by atoms with E-state index in [1.54, 1.807) is 18.6 Å². The second kappa shape index (κ2) is 5.91. The zero-order chi connectivity index (χ0) is 13.8. The number of hydrogen-bond acceptors (Lipinski definition) is 2. The summed E-state index contributed by atoms with van der Waals surface area (Å²) in [5.41, 5.74) is 2.89. The van der Waals surface area contributed by atoms with Gasteiger partial charge in [0.25, 0.3) is 6.43 Å². The molecule has 0 aliphatic heterocycles. The Morgan fingerprint density at radius 2 is 2.00 bits per heavy atom. The molecule has 2 heterocycles. The van der Waals surface area contributed by atoms with Crippen LogP contribution >= 0.6 is 0 Å². The monoisotopic (exact) mass is 265 g/mol. The van der Waals surface area contributed by atoms with Gasteiger partial charge in [-0.05, 0) is 24.0 Å². The number of aromatic nitrogens is 3. The van der Waals surface area contributed by atoms with Gasteiger partial charge in [0, 0.05) is 29.7 Å². The van der Waals surface area contributed by atoms with Crippen molar-refractivity contribution in [2.75, 3.05) is 0 Å². The van der Waals surface area contributed by atoms with Crippen molar-refractivity contribution in [2.45, 2.75) is 39.2 Å². The maximum atomic E-state index is 12.3. The van der Waals surface area contributed by atoms with Crippen LogP contribution in [0.3, 0.4) is 0 Å². The SMILES string of the molecule is CCC(C)c1cncc(-c2cnn(CC(F)F)c2)c1. The average Bonchev–Trinajstić information content (AvgIpc) is 2.85. The van der Waals surface area contributed by atoms with E-state index in [1.165, 1.54) is 4.68 Å². The van der Waals surface area contributed by atoms with E-state index in [2.05, 4.69) is 23.9 Å². The lowest BCUT2D eigenvalue weighted by Crippen LogP contribution is -2.06. The van der Waals surface area contributed by atoms with Crippen LogP contribution in [-0.2, 0) is 6.54 Å². The summed E-state index contributed by atoms with van der Waals surface area (Å²) in [6.45, 7) is 3.89. The van der Waals surface area contributed by atoms with E-state index in [9.17, 15) is 8.78 Å². The third-order valence-electron chi connectivity index (χ3n) is 3.23. The van der Waals surface area contributed by atoms with Gasteiger partial charge in [-0.1, -0.05) is 13.8 Å². The van der Waals surface area contributed by atoms with Crippen molar-refractivity contribution in [1.82, 2.24) is 14.8 Å². The van der Waals surface area contributed by atoms with Crippen molar-refractivity contribution >= 4 is 0 Å². The van der Waals surface area contributed by atoms with Crippen molar-refractivity contribution in [3.05, 3.63) is 36.4 Å². The molecule has 0 bridgehead atoms. The molecule has 0 radical (unpaired) electrons. The normalized spacial score (nSPS) is 12.9. The first-order chi connectivity index (χ1) is 9.10. The fourth-order valence-corrected chi connectivity index (χ4v) is 1.87. The number of rotatable bonds is 5. The lowest BCUT2D eigenvalue weighted by atomic mass is 9.98. The topological polar surface area (TPSA) is 30.7 Å². The highest BCUT2D eigenvalue weighted by molar-refractivity contribution is 5.61. The molecule has 1 unspecified atom stereocenters. The van der Waals surface area contributed by atoms with Crippen molar-refractivity contribution in [3.63, 3.8) is 0 Å². The van der Waals surface area contributed by atoms with Crippen LogP contribution in [0.2, 0.25) is 0 Å². The van der Waals surface area contributed by atoms with Gasteiger partial charge in [0.1, 0.15) is 6.54 Å². The molecular weight excluding hydrogens is 248 g/mol. The Hall–Kier alpha value is -1.78. The Bertz CT molecular complexity index is 537. The van der Waals surface area contributed by atoms with Gasteiger partial charge >= 0.3 is 0 Å². The highest BCUT2D eigenvalue weighted by Gasteiger charge is 2.09. The van der Waals surface area contributed by atoms with Crippen LogP contribution in [0.4, 0.5) is 8.78 Å². The van der Waals surface area contributed by atoms with Gasteiger partial charge < -0.3 is 0 Å². The molecule has 0 aliphatic rings. The van der Waals surface area contributed by atoms with Crippen LogP contribution < -0.4 is 0 Å². The molecule has 0 saturated carbocycles. The fraction of sp³-hybridized carbons (Fsp3) is 0.429. The molecule has 0 saturated heterocycles. The van der Waals surface area contributed by atoms with E-state index in [-0.39, 0.29) is 6.54 Å². The average molecular weight is 265 g/mol. The Morgan fingerprint density at radius 3 is 2.68 bits per heavy atom. The first-order valence-corrected chi connectivity index (χ1v) is 6.36. The summed E-state index contributed by atoms with van der Waals surface area (Å²) in [5, 5.41) is 3.94. The molecule has 19 heavy (non-hydrogen) atoms. The van der Waals surface area contributed by atoms with Crippen molar-refractivity contribution in [2.24, 2.45) is 0 Å². The highest BCUT2D eigenvalue weighted by atomic mass is 19.3. The molecule has 2 aromatic rings. The van der Waals surface area contributed by atoms with Crippen LogP contribution in [0.15, 0.2) is 30.9 Å². The molecule has 2 aromatic heterocycles. The van der Waals surface area contributed by atoms with Crippen LogP contribution in [0.5, 0.6) is 0 Å². The van der Waals surface area contributed by atoms with E-state index < -0.39 is 6.43 Å². The van der Waals surface area contributed by atoms with Gasteiger partial charge in [-0.15, -0.1) is 0 Å². The minimum absolute atomic E-state index is 0.377. The summed E-state index contributed by atoms with van der Waals surface area (Å²) in [6.07, 6.45) is 5.45. The second-order valence-corrected chi connectivity index (χ2v) is 4.66. The molecule has 2 rings (SSSR count). The molecule has 3 nitrogen and oxygen atoms in total. The van der Waals surface area contributed by atoms with E-state index >= 15 is 0 Å². The smallest absolute Gasteiger partial charge is 0.257 e. The van der Waals surface area contributed by atoms with Crippen LogP contribution in [-0.4, -0.2) is 21.2 Å². The maximum Gasteiger partial charge on any atom is 0.257 e. The Kier molecular flexibility index (Phi) is 4.24. The van der Waals surface area contributed by atoms with E-state index in [4.69, 9.17) is 0 Å². The molecule has 0 aliphatic carbocycles. The fourth-order valence-electron chi connectivity index (χ4n) is 1.87. The molecule has 5 heteroatoms. The van der Waals surface area contributed by atoms with Crippen molar-refractivity contribution in [1.29, 1.82) is 0 Å². The largest absolute Gasteiger partial charge is 0.266 e. The first-order valence-electron chi connectivity index (χ1n) is 6.36. The number of nitrogens with zero attached hydrogens (tertiary/aromatic N) is 3. The quantitative estimate of drug-likeness (QED) is 0.824. The maximum absolute atomic E-state index is 12.3. The number of alkyl halides is 2. The summed E-state index contributed by atoms with van der Waals surface area (Å²) in [6, 6.07) is 2.05. The predicted octanol–water partition coefficient (Wildman–Crippen LogP) is 3.72. The highest BCUT2D eigenvalue weighted by Crippen LogP contribution is 2.24. The van der Waals surface area contributed by atoms with Gasteiger partial charge in [0.05, 0.1) is 6.20 Å². The van der Waals surface area contributed by atoms with Gasteiger partial charge in [0.15, 0.2) is 0 Å². The van der Waals surface area contributed by atoms with Crippen LogP contribution in [0, 0.1) is 0 Å². The van der Waals surface area contributed by atoms with Gasteiger partial charge in [0.2, 0.25) is 0 Å². The van der Waals surface area contributed by atoms with Crippen molar-refractivity contribution in [3.8, 4) is 11.1 Å². The number of pyridine rings is 1. The minimum atomic E-state index is -2.39. The van der Waals surface area contributed by atoms with Gasteiger partial charge in [-0.2, -0.15) is 5.10 Å². The molecule has 0 N–H and O–H groups in total. The van der Waals surface area contributed by atoms with Crippen molar-refractivity contribution < 1.29 is 8.78 Å². The zero-order valence-electron chi connectivity index (χ0n) is 11.1. The Balaban J connectivity index is 2.24. The summed E-state index contributed by atoms with van der Waals surface area (Å²) >= 11 is 0. The van der Waals surface area contributed by atoms with E-state index in [0.29, 0.717) is 5.92 Å². The molecule has 1 atom stereocenters. The standard InChI is InChI=1S/C14H17F2N3/c1-3-10(2)11-4-12(6-17-5-11)13-7-18-19(8-13)9-14(15)16/h4-8,10,14H,3,9H2,1-2H3. The van der Waals surface area contributed by atoms with Crippen LogP contribution in [0.1, 0.15) is 31.7 Å². The number of hydrogen-bond donors (Lipinski definition) is 0. The molecule has 0 amide bonds. The summed E-state index contributed by atoms with van der Waals surface area (Å²) in [5.74, 6) is 0.434. The van der Waals surface area contributed by atoms with Crippen LogP contribution in [0.25, 0.3) is 11.1 Å². The Morgan fingerprint density at radius 1 is 1.21 bits per heavy atom. The summed E-state index contributed by atoms with van der Waals surface area (Å²) in [7, 11) is 0. The molecule has 0 fully saturated rings. The lowest BCUT2D eigenvalue weighted by molar-refractivity contribution is 0.122. The summed E-state index contributed by atoms with van der Waals surface area (Å²) in [4.78, 5) is 4.22. The third-order valence-corrected chi connectivity index (χ3v) is 3.23. The zero-order valence-corrected chi connectivity index (χ0v) is 11.1. The third kappa shape index (κ3) is 3.36. The Labute approximate surface area is 111 Å². The van der Waals surface area contributed by atoms with Gasteiger partial charge in [-0.3, -0.25) is 9.67 Å².